The highest BCUT2D eigenvalue weighted by Crippen LogP contribution is 2.14. The van der Waals surface area contributed by atoms with Crippen LogP contribution >= 0.6 is 0 Å². The Morgan fingerprint density at radius 2 is 2.00 bits per heavy atom. The molecule has 0 spiro atoms. The van der Waals surface area contributed by atoms with Crippen LogP contribution < -0.4 is 5.32 Å². The summed E-state index contributed by atoms with van der Waals surface area (Å²) in [5, 5.41) is 2.82. The number of sulfone groups is 1. The summed E-state index contributed by atoms with van der Waals surface area (Å²) in [5.74, 6) is -0.558. The molecule has 1 saturated heterocycles. The quantitative estimate of drug-likeness (QED) is 0.678. The minimum Gasteiger partial charge on any atom is -0.469 e. The summed E-state index contributed by atoms with van der Waals surface area (Å²) in [7, 11) is -1.87. The molecule has 1 N–H and O–H groups in total. The topological polar surface area (TPSA) is 72.5 Å². The standard InChI is InChI=1S/C9H17NO4S/c1-14-9(11)4-7-15(12,13)8-2-5-10-6-3-8/h8,10H,2-7H2,1H3. The zero-order chi connectivity index (χ0) is 11.3. The zero-order valence-electron chi connectivity index (χ0n) is 8.86. The first-order valence-electron chi connectivity index (χ1n) is 5.05. The van der Waals surface area contributed by atoms with E-state index in [9.17, 15) is 13.2 Å². The molecule has 0 bridgehead atoms. The van der Waals surface area contributed by atoms with E-state index in [-0.39, 0.29) is 17.4 Å². The van der Waals surface area contributed by atoms with Gasteiger partial charge in [-0.05, 0) is 25.9 Å². The van der Waals surface area contributed by atoms with E-state index in [0.29, 0.717) is 12.8 Å². The van der Waals surface area contributed by atoms with Gasteiger partial charge in [0.15, 0.2) is 9.84 Å². The second-order valence-corrected chi connectivity index (χ2v) is 6.04. The molecule has 0 saturated carbocycles. The van der Waals surface area contributed by atoms with Crippen LogP contribution in [0.2, 0.25) is 0 Å². The third kappa shape index (κ3) is 3.79. The lowest BCUT2D eigenvalue weighted by Crippen LogP contribution is -2.37. The molecule has 88 valence electrons. The first kappa shape index (κ1) is 12.4. The van der Waals surface area contributed by atoms with Gasteiger partial charge in [-0.1, -0.05) is 0 Å². The van der Waals surface area contributed by atoms with E-state index < -0.39 is 15.8 Å². The predicted octanol–water partition coefficient (Wildman–Crippen LogP) is -0.284. The molecule has 0 atom stereocenters. The summed E-state index contributed by atoms with van der Waals surface area (Å²) in [6.45, 7) is 1.48. The van der Waals surface area contributed by atoms with E-state index in [1.165, 1.54) is 7.11 Å². The molecule has 0 aromatic rings. The molecule has 6 heteroatoms. The molecule has 1 heterocycles. The van der Waals surface area contributed by atoms with Crippen molar-refractivity contribution in [2.75, 3.05) is 26.0 Å². The lowest BCUT2D eigenvalue weighted by atomic mass is 10.2. The van der Waals surface area contributed by atoms with E-state index in [1.807, 2.05) is 0 Å². The fraction of sp³-hybridized carbons (Fsp3) is 0.889. The maximum atomic E-state index is 11.8. The first-order valence-corrected chi connectivity index (χ1v) is 6.77. The predicted molar refractivity (Wildman–Crippen MR) is 56.3 cm³/mol. The molecular weight excluding hydrogens is 218 g/mol. The van der Waals surface area contributed by atoms with Gasteiger partial charge >= 0.3 is 5.97 Å². The van der Waals surface area contributed by atoms with Crippen LogP contribution in [0.4, 0.5) is 0 Å². The number of carbonyl (C=O) groups excluding carboxylic acids is 1. The summed E-state index contributed by atoms with van der Waals surface area (Å²) in [4.78, 5) is 10.8. The third-order valence-corrected chi connectivity index (χ3v) is 4.87. The Morgan fingerprint density at radius 3 is 2.53 bits per heavy atom. The van der Waals surface area contributed by atoms with Gasteiger partial charge in [0.2, 0.25) is 0 Å². The van der Waals surface area contributed by atoms with Gasteiger partial charge in [0, 0.05) is 0 Å². The number of esters is 1. The highest BCUT2D eigenvalue weighted by Gasteiger charge is 2.27. The number of hydrogen-bond donors (Lipinski definition) is 1. The lowest BCUT2D eigenvalue weighted by molar-refractivity contribution is -0.140. The van der Waals surface area contributed by atoms with Crippen LogP contribution in [0.3, 0.4) is 0 Å². The molecule has 1 aliphatic rings. The molecule has 0 aromatic carbocycles. The van der Waals surface area contributed by atoms with Gasteiger partial charge in [-0.25, -0.2) is 8.42 Å². The van der Waals surface area contributed by atoms with Crippen molar-refractivity contribution in [2.24, 2.45) is 0 Å². The molecule has 0 unspecified atom stereocenters. The number of ether oxygens (including phenoxy) is 1. The van der Waals surface area contributed by atoms with Crippen LogP contribution in [-0.2, 0) is 19.4 Å². The van der Waals surface area contributed by atoms with Crippen molar-refractivity contribution in [1.82, 2.24) is 5.32 Å². The molecule has 0 amide bonds. The van der Waals surface area contributed by atoms with Gasteiger partial charge in [0.1, 0.15) is 0 Å². The number of hydrogen-bond acceptors (Lipinski definition) is 5. The largest absolute Gasteiger partial charge is 0.469 e. The van der Waals surface area contributed by atoms with Gasteiger partial charge in [-0.3, -0.25) is 4.79 Å². The van der Waals surface area contributed by atoms with E-state index >= 15 is 0 Å². The van der Waals surface area contributed by atoms with Crippen LogP contribution in [-0.4, -0.2) is 45.6 Å². The van der Waals surface area contributed by atoms with Crippen molar-refractivity contribution in [3.63, 3.8) is 0 Å². The van der Waals surface area contributed by atoms with Gasteiger partial charge in [0.25, 0.3) is 0 Å². The number of carbonyl (C=O) groups is 1. The van der Waals surface area contributed by atoms with Crippen molar-refractivity contribution >= 4 is 15.8 Å². The number of rotatable bonds is 4. The second-order valence-electron chi connectivity index (χ2n) is 3.64. The maximum Gasteiger partial charge on any atom is 0.306 e. The fourth-order valence-corrected chi connectivity index (χ4v) is 3.39. The van der Waals surface area contributed by atoms with Gasteiger partial charge in [0.05, 0.1) is 24.5 Å². The fourth-order valence-electron chi connectivity index (χ4n) is 1.65. The van der Waals surface area contributed by atoms with Crippen molar-refractivity contribution in [3.8, 4) is 0 Å². The summed E-state index contributed by atoms with van der Waals surface area (Å²) in [6.07, 6.45) is 1.25. The second kappa shape index (κ2) is 5.46. The van der Waals surface area contributed by atoms with Gasteiger partial charge in [-0.15, -0.1) is 0 Å². The Bertz CT molecular complexity index is 306. The Hall–Kier alpha value is -0.620. The van der Waals surface area contributed by atoms with Crippen molar-refractivity contribution in [3.05, 3.63) is 0 Å². The first-order chi connectivity index (χ1) is 7.06. The van der Waals surface area contributed by atoms with Crippen LogP contribution in [0.1, 0.15) is 19.3 Å². The minimum atomic E-state index is -3.13. The number of piperidine rings is 1. The number of nitrogens with one attached hydrogen (secondary N) is 1. The maximum absolute atomic E-state index is 11.8. The molecule has 15 heavy (non-hydrogen) atoms. The summed E-state index contributed by atoms with van der Waals surface area (Å²) in [6, 6.07) is 0. The smallest absolute Gasteiger partial charge is 0.306 e. The highest BCUT2D eigenvalue weighted by atomic mass is 32.2. The molecule has 0 aromatic heterocycles. The number of methoxy groups -OCH3 is 1. The summed E-state index contributed by atoms with van der Waals surface area (Å²) < 4.78 is 28.0. The monoisotopic (exact) mass is 235 g/mol. The average molecular weight is 235 g/mol. The van der Waals surface area contributed by atoms with Crippen LogP contribution in [0, 0.1) is 0 Å². The Morgan fingerprint density at radius 1 is 1.40 bits per heavy atom. The Labute approximate surface area is 90.1 Å². The van der Waals surface area contributed by atoms with Gasteiger partial charge < -0.3 is 10.1 Å². The molecule has 1 rings (SSSR count). The normalized spacial score (nSPS) is 18.7. The van der Waals surface area contributed by atoms with Crippen molar-refractivity contribution < 1.29 is 17.9 Å². The third-order valence-electron chi connectivity index (χ3n) is 2.61. The Kier molecular flexibility index (Phi) is 4.53. The lowest BCUT2D eigenvalue weighted by Gasteiger charge is -2.22. The van der Waals surface area contributed by atoms with E-state index in [2.05, 4.69) is 10.1 Å². The van der Waals surface area contributed by atoms with E-state index in [1.54, 1.807) is 0 Å². The highest BCUT2D eigenvalue weighted by molar-refractivity contribution is 7.92. The van der Waals surface area contributed by atoms with Crippen molar-refractivity contribution in [2.45, 2.75) is 24.5 Å². The molecule has 0 aliphatic carbocycles. The molecule has 0 radical (unpaired) electrons. The SMILES string of the molecule is COC(=O)CCS(=O)(=O)C1CCNCC1. The molecular formula is C9H17NO4S. The molecule has 5 nitrogen and oxygen atoms in total. The zero-order valence-corrected chi connectivity index (χ0v) is 9.68. The average Bonchev–Trinajstić information content (AvgIpc) is 2.27. The minimum absolute atomic E-state index is 0.0389. The molecule has 1 fully saturated rings. The Balaban J connectivity index is 2.46. The van der Waals surface area contributed by atoms with Crippen LogP contribution in [0.5, 0.6) is 0 Å². The molecule has 1 aliphatic heterocycles. The summed E-state index contributed by atoms with van der Waals surface area (Å²) in [5.41, 5.74) is 0. The van der Waals surface area contributed by atoms with Gasteiger partial charge in [-0.2, -0.15) is 0 Å². The van der Waals surface area contributed by atoms with E-state index in [0.717, 1.165) is 13.1 Å². The van der Waals surface area contributed by atoms with E-state index in [4.69, 9.17) is 0 Å². The summed E-state index contributed by atoms with van der Waals surface area (Å²) >= 11 is 0. The van der Waals surface area contributed by atoms with Crippen LogP contribution in [0.25, 0.3) is 0 Å². The van der Waals surface area contributed by atoms with Crippen LogP contribution in [0.15, 0.2) is 0 Å². The van der Waals surface area contributed by atoms with Crippen molar-refractivity contribution in [1.29, 1.82) is 0 Å².